The van der Waals surface area contributed by atoms with Gasteiger partial charge in [0.05, 0.1) is 77.5 Å². The number of sulfonamides is 1. The number of carbonyl (C=O) groups excluding carboxylic acids is 3. The molecular weight excluding hydrogens is 730 g/mol. The lowest BCUT2D eigenvalue weighted by atomic mass is 10.0. The van der Waals surface area contributed by atoms with Crippen LogP contribution in [0.15, 0.2) is 40.5 Å². The third kappa shape index (κ3) is 16.3. The van der Waals surface area contributed by atoms with Crippen LogP contribution in [-0.2, 0) is 56.5 Å². The number of nitrogens with one attached hydrogen (secondary N) is 3. The van der Waals surface area contributed by atoms with Crippen molar-refractivity contribution < 1.29 is 46.6 Å². The van der Waals surface area contributed by atoms with Crippen molar-refractivity contribution in [1.82, 2.24) is 35.4 Å². The summed E-state index contributed by atoms with van der Waals surface area (Å²) in [5.41, 5.74) is 16.5. The lowest BCUT2D eigenvalue weighted by Gasteiger charge is -2.31. The maximum absolute atomic E-state index is 13.9. The summed E-state index contributed by atoms with van der Waals surface area (Å²) in [6, 6.07) is 3.98. The van der Waals surface area contributed by atoms with Crippen LogP contribution in [0.1, 0.15) is 38.8 Å². The number of hydrogen-bond acceptors (Lipinski definition) is 14. The number of methoxy groups -OCH3 is 1. The van der Waals surface area contributed by atoms with Crippen molar-refractivity contribution in [1.29, 1.82) is 0 Å². The second-order valence-corrected chi connectivity index (χ2v) is 13.9. The molecule has 0 saturated carbocycles. The van der Waals surface area contributed by atoms with Gasteiger partial charge in [0.2, 0.25) is 21.8 Å². The molecule has 0 radical (unpaired) electrons. The SMILES string of the molecule is CONC(=O)[C@@H](C(C)C)N(Cc1cn(CCOCCOCCOCCNC(=O)[C@H](CCCCN)NC(=O)CN=[N+]=[N-])nn1)S(=O)(=O)c1ccc(OC)cc1. The number of hydroxylamine groups is 1. The first-order valence-corrected chi connectivity index (χ1v) is 18.8. The molecule has 0 aliphatic carbocycles. The molecule has 0 aliphatic rings. The third-order valence-corrected chi connectivity index (χ3v) is 9.46. The van der Waals surface area contributed by atoms with Gasteiger partial charge in [-0.2, -0.15) is 4.31 Å². The van der Waals surface area contributed by atoms with Crippen molar-refractivity contribution in [2.45, 2.75) is 63.2 Å². The average molecular weight is 784 g/mol. The van der Waals surface area contributed by atoms with E-state index < -0.39 is 46.4 Å². The first-order valence-electron chi connectivity index (χ1n) is 17.4. The number of amides is 3. The fourth-order valence-corrected chi connectivity index (χ4v) is 6.68. The molecule has 2 rings (SSSR count). The van der Waals surface area contributed by atoms with Gasteiger partial charge in [0.25, 0.3) is 5.91 Å². The summed E-state index contributed by atoms with van der Waals surface area (Å²) in [7, 11) is -1.44. The zero-order valence-electron chi connectivity index (χ0n) is 31.2. The smallest absolute Gasteiger partial charge is 0.262 e. The highest BCUT2D eigenvalue weighted by Crippen LogP contribution is 2.26. The van der Waals surface area contributed by atoms with E-state index in [2.05, 4.69) is 36.5 Å². The van der Waals surface area contributed by atoms with Crippen LogP contribution in [0.25, 0.3) is 10.4 Å². The molecule has 1 aromatic heterocycles. The van der Waals surface area contributed by atoms with Crippen molar-refractivity contribution in [3.8, 4) is 5.75 Å². The van der Waals surface area contributed by atoms with E-state index in [1.54, 1.807) is 20.0 Å². The van der Waals surface area contributed by atoms with Gasteiger partial charge in [-0.05, 0) is 61.5 Å². The number of unbranched alkanes of at least 4 members (excludes halogenated alkanes) is 1. The molecule has 0 spiro atoms. The summed E-state index contributed by atoms with van der Waals surface area (Å²) in [6.07, 6.45) is 3.33. The molecule has 1 aromatic carbocycles. The first kappa shape index (κ1) is 45.7. The van der Waals surface area contributed by atoms with E-state index in [-0.39, 0.29) is 43.7 Å². The Morgan fingerprint density at radius 2 is 1.67 bits per heavy atom. The van der Waals surface area contributed by atoms with Crippen LogP contribution >= 0.6 is 0 Å². The second-order valence-electron chi connectivity index (χ2n) is 12.0. The first-order chi connectivity index (χ1) is 26.0. The Balaban J connectivity index is 1.75. The number of azide groups is 1. The molecule has 2 aromatic rings. The van der Waals surface area contributed by atoms with Crippen molar-refractivity contribution in [2.75, 3.05) is 73.5 Å². The molecule has 0 aliphatic heterocycles. The summed E-state index contributed by atoms with van der Waals surface area (Å²) < 4.78 is 52.1. The van der Waals surface area contributed by atoms with Crippen LogP contribution in [0.4, 0.5) is 0 Å². The van der Waals surface area contributed by atoms with Gasteiger partial charge < -0.3 is 35.3 Å². The highest BCUT2D eigenvalue weighted by Gasteiger charge is 2.38. The molecule has 54 heavy (non-hydrogen) atoms. The normalized spacial score (nSPS) is 12.6. The molecule has 0 saturated heterocycles. The summed E-state index contributed by atoms with van der Waals surface area (Å²) in [5, 5.41) is 16.7. The van der Waals surface area contributed by atoms with Crippen molar-refractivity contribution in [2.24, 2.45) is 16.8 Å². The van der Waals surface area contributed by atoms with Crippen molar-refractivity contribution in [3.05, 3.63) is 46.6 Å². The topological polar surface area (TPSA) is 276 Å². The summed E-state index contributed by atoms with van der Waals surface area (Å²) in [5.74, 6) is -1.48. The summed E-state index contributed by atoms with van der Waals surface area (Å²) >= 11 is 0. The molecule has 0 unspecified atom stereocenters. The third-order valence-electron chi connectivity index (χ3n) is 7.61. The van der Waals surface area contributed by atoms with E-state index in [1.165, 1.54) is 43.2 Å². The molecule has 0 fully saturated rings. The molecule has 5 N–H and O–H groups in total. The zero-order valence-corrected chi connectivity index (χ0v) is 32.0. The Hall–Kier alpha value is -4.41. The molecule has 0 bridgehead atoms. The van der Waals surface area contributed by atoms with Crippen LogP contribution in [0, 0.1) is 5.92 Å². The average Bonchev–Trinajstić information content (AvgIpc) is 3.60. The molecule has 2 atom stereocenters. The van der Waals surface area contributed by atoms with Gasteiger partial charge >= 0.3 is 0 Å². The number of ether oxygens (including phenoxy) is 4. The molecule has 22 heteroatoms. The van der Waals surface area contributed by atoms with E-state index in [0.29, 0.717) is 63.6 Å². The minimum absolute atomic E-state index is 0.0226. The van der Waals surface area contributed by atoms with Crippen molar-refractivity contribution in [3.63, 3.8) is 0 Å². The number of aromatic nitrogens is 3. The monoisotopic (exact) mass is 783 g/mol. The molecule has 21 nitrogen and oxygen atoms in total. The van der Waals surface area contributed by atoms with Gasteiger partial charge in [0.15, 0.2) is 0 Å². The van der Waals surface area contributed by atoms with E-state index >= 15 is 0 Å². The highest BCUT2D eigenvalue weighted by atomic mass is 32.2. The van der Waals surface area contributed by atoms with E-state index in [9.17, 15) is 22.8 Å². The number of carbonyl (C=O) groups is 3. The predicted molar refractivity (Wildman–Crippen MR) is 194 cm³/mol. The maximum atomic E-state index is 13.9. The van der Waals surface area contributed by atoms with Gasteiger partial charge in [-0.1, -0.05) is 24.2 Å². The van der Waals surface area contributed by atoms with E-state index in [1.807, 2.05) is 0 Å². The Kier molecular flexibility index (Phi) is 21.7. The highest BCUT2D eigenvalue weighted by molar-refractivity contribution is 7.89. The summed E-state index contributed by atoms with van der Waals surface area (Å²) in [6.45, 7) is 5.57. The fourth-order valence-electron chi connectivity index (χ4n) is 4.99. The second kappa shape index (κ2) is 25.6. The lowest BCUT2D eigenvalue weighted by molar-refractivity contribution is -0.136. The lowest BCUT2D eigenvalue weighted by Crippen LogP contribution is -2.51. The number of nitrogens with two attached hydrogens (primary N) is 1. The molecule has 1 heterocycles. The quantitative estimate of drug-likeness (QED) is 0.0284. The Morgan fingerprint density at radius 1 is 1.00 bits per heavy atom. The van der Waals surface area contributed by atoms with E-state index in [4.69, 9.17) is 35.0 Å². The number of hydrogen-bond donors (Lipinski definition) is 4. The maximum Gasteiger partial charge on any atom is 0.262 e. The van der Waals surface area contributed by atoms with Crippen LogP contribution < -0.4 is 26.6 Å². The number of nitrogens with zero attached hydrogens (tertiary/aromatic N) is 7. The minimum Gasteiger partial charge on any atom is -0.497 e. The molecule has 3 amide bonds. The van der Waals surface area contributed by atoms with Gasteiger partial charge in [-0.25, -0.2) is 18.6 Å². The van der Waals surface area contributed by atoms with Crippen LogP contribution in [0.2, 0.25) is 0 Å². The number of rotatable bonds is 29. The van der Waals surface area contributed by atoms with E-state index in [0.717, 1.165) is 4.31 Å². The van der Waals surface area contributed by atoms with Gasteiger partial charge in [-0.3, -0.25) is 19.2 Å². The number of benzene rings is 1. The van der Waals surface area contributed by atoms with Gasteiger partial charge in [-0.15, -0.1) is 5.10 Å². The fraction of sp³-hybridized carbons (Fsp3) is 0.656. The minimum atomic E-state index is -4.18. The van der Waals surface area contributed by atoms with Crippen molar-refractivity contribution >= 4 is 27.7 Å². The zero-order chi connectivity index (χ0) is 39.8. The predicted octanol–water partition coefficient (Wildman–Crippen LogP) is 0.270. The van der Waals surface area contributed by atoms with Crippen LogP contribution in [0.5, 0.6) is 5.75 Å². The Bertz CT molecular complexity index is 1570. The Morgan fingerprint density at radius 3 is 2.28 bits per heavy atom. The standard InChI is InChI=1S/C32H53N11O10S/c1-24(2)30(32(46)39-50-4)43(54(47,48)27-10-8-26(49-3)9-11-27)23-25-22-42(41-38-25)14-16-52-18-20-53-19-17-51-15-13-35-31(45)28(7-5-6-12-33)37-29(44)21-36-40-34/h8-11,22,24,28,30H,5-7,12-21,23,33H2,1-4H3,(H,35,45)(H,37,44)(H,39,46)/t28-,30+/m0/s1. The van der Waals surface area contributed by atoms with Gasteiger partial charge in [0.1, 0.15) is 24.4 Å². The Labute approximate surface area is 315 Å². The summed E-state index contributed by atoms with van der Waals surface area (Å²) in [4.78, 5) is 44.7. The van der Waals surface area contributed by atoms with Crippen LogP contribution in [0.3, 0.4) is 0 Å². The molecule has 302 valence electrons. The molecular formula is C32H53N11O10S. The van der Waals surface area contributed by atoms with Gasteiger partial charge in [0, 0.05) is 17.7 Å². The largest absolute Gasteiger partial charge is 0.497 e. The van der Waals surface area contributed by atoms with Crippen LogP contribution in [-0.4, -0.2) is 131 Å².